The van der Waals surface area contributed by atoms with Crippen molar-refractivity contribution in [1.82, 2.24) is 0 Å². The highest BCUT2D eigenvalue weighted by molar-refractivity contribution is 7.87. The van der Waals surface area contributed by atoms with Gasteiger partial charge < -0.3 is 28.4 Å². The molecule has 0 saturated carbocycles. The van der Waals surface area contributed by atoms with Gasteiger partial charge in [0.1, 0.15) is 12.2 Å². The average molecular weight is 510 g/mol. The van der Waals surface area contributed by atoms with Gasteiger partial charge in [-0.2, -0.15) is 26.0 Å². The standard InChI is InChI=1S/C18H26F4O10S/c1-15(2)27-8-9(30-15)11-12(13-14(29-11)32-16(3,4)31-13)28-10(23)6-5-7-17(19,20)18(21,22)33(24,25)26/h9,11-14H,5-8H2,1-4H3,(H,24,25,26). The van der Waals surface area contributed by atoms with Crippen LogP contribution < -0.4 is 0 Å². The number of fused-ring (bicyclic) bond motifs is 1. The van der Waals surface area contributed by atoms with Crippen molar-refractivity contribution in [2.24, 2.45) is 0 Å². The number of carbonyl (C=O) groups is 1. The zero-order chi connectivity index (χ0) is 25.0. The molecular formula is C18H26F4O10S. The molecule has 1 N–H and O–H groups in total. The third-order valence-corrected chi connectivity index (χ3v) is 6.26. The summed E-state index contributed by atoms with van der Waals surface area (Å²) in [6.45, 7) is 6.66. The van der Waals surface area contributed by atoms with E-state index >= 15 is 0 Å². The van der Waals surface area contributed by atoms with Crippen LogP contribution in [0.4, 0.5) is 17.6 Å². The molecule has 5 atom stereocenters. The topological polar surface area (TPSA) is 127 Å². The normalized spacial score (nSPS) is 33.8. The molecule has 0 bridgehead atoms. The second-order valence-electron chi connectivity index (χ2n) is 8.94. The molecule has 3 rings (SSSR count). The van der Waals surface area contributed by atoms with E-state index in [1.54, 1.807) is 27.7 Å². The molecule has 0 amide bonds. The van der Waals surface area contributed by atoms with Gasteiger partial charge in [-0.05, 0) is 34.1 Å². The number of ether oxygens (including phenoxy) is 6. The lowest BCUT2D eigenvalue weighted by Gasteiger charge is -2.29. The second kappa shape index (κ2) is 8.53. The maximum atomic E-state index is 13.6. The maximum absolute atomic E-state index is 13.6. The van der Waals surface area contributed by atoms with Crippen molar-refractivity contribution in [1.29, 1.82) is 0 Å². The molecule has 192 valence electrons. The van der Waals surface area contributed by atoms with E-state index in [2.05, 4.69) is 0 Å². The van der Waals surface area contributed by atoms with Crippen LogP contribution in [0.2, 0.25) is 0 Å². The van der Waals surface area contributed by atoms with Gasteiger partial charge in [0.2, 0.25) is 0 Å². The highest BCUT2D eigenvalue weighted by Gasteiger charge is 2.65. The molecule has 3 heterocycles. The van der Waals surface area contributed by atoms with Crippen molar-refractivity contribution in [2.75, 3.05) is 6.61 Å². The summed E-state index contributed by atoms with van der Waals surface area (Å²) in [5.41, 5.74) is 0. The van der Waals surface area contributed by atoms with Gasteiger partial charge in [0.25, 0.3) is 0 Å². The molecule has 0 aromatic carbocycles. The Hall–Kier alpha value is -1.10. The summed E-state index contributed by atoms with van der Waals surface area (Å²) in [6.07, 6.45) is -7.68. The first-order valence-corrected chi connectivity index (χ1v) is 11.5. The van der Waals surface area contributed by atoms with Gasteiger partial charge in [0.15, 0.2) is 30.1 Å². The van der Waals surface area contributed by atoms with E-state index < -0.39 is 88.8 Å². The predicted octanol–water partition coefficient (Wildman–Crippen LogP) is 2.21. The van der Waals surface area contributed by atoms with Gasteiger partial charge in [0, 0.05) is 12.8 Å². The molecular weight excluding hydrogens is 484 g/mol. The Morgan fingerprint density at radius 2 is 1.70 bits per heavy atom. The Morgan fingerprint density at radius 3 is 2.24 bits per heavy atom. The summed E-state index contributed by atoms with van der Waals surface area (Å²) < 4.78 is 117. The Balaban J connectivity index is 1.63. The minimum atomic E-state index is -6.35. The van der Waals surface area contributed by atoms with Crippen LogP contribution in [0.1, 0.15) is 47.0 Å². The maximum Gasteiger partial charge on any atom is 0.431 e. The summed E-state index contributed by atoms with van der Waals surface area (Å²) in [5, 5.41) is -5.70. The zero-order valence-electron chi connectivity index (χ0n) is 18.3. The lowest BCUT2D eigenvalue weighted by Crippen LogP contribution is -2.47. The number of rotatable bonds is 8. The van der Waals surface area contributed by atoms with Gasteiger partial charge in [-0.3, -0.25) is 9.35 Å². The molecule has 33 heavy (non-hydrogen) atoms. The van der Waals surface area contributed by atoms with Gasteiger partial charge in [-0.1, -0.05) is 0 Å². The van der Waals surface area contributed by atoms with Crippen molar-refractivity contribution in [3.63, 3.8) is 0 Å². The molecule has 3 aliphatic heterocycles. The predicted molar refractivity (Wildman–Crippen MR) is 98.8 cm³/mol. The molecule has 15 heteroatoms. The number of alkyl halides is 4. The number of halogens is 4. The van der Waals surface area contributed by atoms with Crippen molar-refractivity contribution in [3.05, 3.63) is 0 Å². The lowest BCUT2D eigenvalue weighted by molar-refractivity contribution is -0.235. The first kappa shape index (κ1) is 26.5. The Morgan fingerprint density at radius 1 is 1.06 bits per heavy atom. The van der Waals surface area contributed by atoms with Crippen LogP contribution in [-0.2, 0) is 43.3 Å². The van der Waals surface area contributed by atoms with E-state index in [-0.39, 0.29) is 6.61 Å². The quantitative estimate of drug-likeness (QED) is 0.295. The molecule has 0 spiro atoms. The summed E-state index contributed by atoms with van der Waals surface area (Å²) in [7, 11) is -6.35. The monoisotopic (exact) mass is 510 g/mol. The Labute approximate surface area is 187 Å². The van der Waals surface area contributed by atoms with Crippen LogP contribution >= 0.6 is 0 Å². The summed E-state index contributed by atoms with van der Waals surface area (Å²) in [5.74, 6) is -8.12. The highest BCUT2D eigenvalue weighted by atomic mass is 32.2. The summed E-state index contributed by atoms with van der Waals surface area (Å²) in [6, 6.07) is 0. The zero-order valence-corrected chi connectivity index (χ0v) is 19.1. The van der Waals surface area contributed by atoms with E-state index in [0.717, 1.165) is 0 Å². The fourth-order valence-electron chi connectivity index (χ4n) is 3.81. The van der Waals surface area contributed by atoms with Crippen LogP contribution in [0, 0.1) is 0 Å². The van der Waals surface area contributed by atoms with Crippen molar-refractivity contribution in [3.8, 4) is 0 Å². The Kier molecular flexibility index (Phi) is 6.85. The molecule has 3 aliphatic rings. The van der Waals surface area contributed by atoms with Crippen LogP contribution in [0.3, 0.4) is 0 Å². The van der Waals surface area contributed by atoms with E-state index in [9.17, 15) is 30.8 Å². The lowest BCUT2D eigenvalue weighted by atomic mass is 10.1. The van der Waals surface area contributed by atoms with Crippen LogP contribution in [0.15, 0.2) is 0 Å². The second-order valence-corrected chi connectivity index (χ2v) is 10.4. The van der Waals surface area contributed by atoms with Crippen molar-refractivity contribution < 1.29 is 63.7 Å². The van der Waals surface area contributed by atoms with Gasteiger partial charge in [-0.25, -0.2) is 0 Å². The Bertz CT molecular complexity index is 862. The fraction of sp³-hybridized carbons (Fsp3) is 0.944. The number of hydrogen-bond donors (Lipinski definition) is 1. The smallest absolute Gasteiger partial charge is 0.431 e. The molecule has 3 saturated heterocycles. The third-order valence-electron chi connectivity index (χ3n) is 5.31. The molecule has 5 unspecified atom stereocenters. The molecule has 10 nitrogen and oxygen atoms in total. The van der Waals surface area contributed by atoms with Gasteiger partial charge in [-0.15, -0.1) is 0 Å². The van der Waals surface area contributed by atoms with Gasteiger partial charge >= 0.3 is 27.3 Å². The van der Waals surface area contributed by atoms with Crippen molar-refractivity contribution in [2.45, 2.75) is 100 Å². The summed E-state index contributed by atoms with van der Waals surface area (Å²) >= 11 is 0. The number of carbonyl (C=O) groups excluding carboxylic acids is 1. The van der Waals surface area contributed by atoms with Crippen LogP contribution in [0.5, 0.6) is 0 Å². The van der Waals surface area contributed by atoms with Gasteiger partial charge in [0.05, 0.1) is 6.61 Å². The largest absolute Gasteiger partial charge is 0.456 e. The fourth-order valence-corrected chi connectivity index (χ4v) is 4.29. The highest BCUT2D eigenvalue weighted by Crippen LogP contribution is 2.43. The number of hydrogen-bond acceptors (Lipinski definition) is 9. The van der Waals surface area contributed by atoms with Crippen molar-refractivity contribution >= 4 is 16.1 Å². The average Bonchev–Trinajstić information content (AvgIpc) is 3.23. The molecule has 0 radical (unpaired) electrons. The van der Waals surface area contributed by atoms with E-state index in [4.69, 9.17) is 33.0 Å². The SMILES string of the molecule is CC1(C)OCC(C2OC3OC(C)(C)OC3C2OC(=O)CCCC(F)(F)C(F)(F)S(=O)(=O)O)O1. The molecule has 0 aromatic rings. The first-order chi connectivity index (χ1) is 14.9. The molecule has 0 aromatic heterocycles. The first-order valence-electron chi connectivity index (χ1n) is 10.1. The van der Waals surface area contributed by atoms with Crippen LogP contribution in [0.25, 0.3) is 0 Å². The molecule has 3 fully saturated rings. The minimum absolute atomic E-state index is 0.103. The summed E-state index contributed by atoms with van der Waals surface area (Å²) in [4.78, 5) is 12.3. The number of esters is 1. The van der Waals surface area contributed by atoms with E-state index in [1.807, 2.05) is 0 Å². The van der Waals surface area contributed by atoms with Crippen LogP contribution in [-0.4, -0.2) is 79.0 Å². The molecule has 0 aliphatic carbocycles. The van der Waals surface area contributed by atoms with E-state index in [1.165, 1.54) is 0 Å². The van der Waals surface area contributed by atoms with E-state index in [0.29, 0.717) is 0 Å². The third kappa shape index (κ3) is 5.44. The minimum Gasteiger partial charge on any atom is -0.456 e.